The van der Waals surface area contributed by atoms with Crippen molar-refractivity contribution in [3.8, 4) is 11.4 Å². The van der Waals surface area contributed by atoms with Crippen LogP contribution in [0.4, 0.5) is 0 Å². The molecular weight excluding hydrogens is 340 g/mol. The van der Waals surface area contributed by atoms with Gasteiger partial charge < -0.3 is 9.47 Å². The molecule has 4 nitrogen and oxygen atoms in total. The van der Waals surface area contributed by atoms with Crippen LogP contribution in [0.5, 0.6) is 0 Å². The van der Waals surface area contributed by atoms with Gasteiger partial charge in [-0.15, -0.1) is 5.10 Å². The monoisotopic (exact) mass is 367 g/mol. The number of hydrogen-bond donors (Lipinski definition) is 1. The molecule has 1 unspecified atom stereocenters. The summed E-state index contributed by atoms with van der Waals surface area (Å²) in [7, 11) is 4.16. The third kappa shape index (κ3) is 4.11. The predicted molar refractivity (Wildman–Crippen MR) is 109 cm³/mol. The topological polar surface area (TPSA) is 27.2 Å². The highest BCUT2D eigenvalue weighted by molar-refractivity contribution is 7.71. The summed E-state index contributed by atoms with van der Waals surface area (Å²) >= 11 is 5.59. The normalized spacial score (nSPS) is 12.5. The molecule has 0 spiro atoms. The fourth-order valence-electron chi connectivity index (χ4n) is 3.11. The van der Waals surface area contributed by atoms with E-state index in [0.717, 1.165) is 29.4 Å². The number of benzene rings is 2. The van der Waals surface area contributed by atoms with Gasteiger partial charge in [0.25, 0.3) is 0 Å². The van der Waals surface area contributed by atoms with E-state index in [1.54, 1.807) is 0 Å². The van der Waals surface area contributed by atoms with E-state index in [1.165, 1.54) is 16.0 Å². The SMILES string of the molecule is CC(C)c1ccc(C[NH+](C)Cn2nc(-c3ccccc3)n(C)c2=S)cc1. The van der Waals surface area contributed by atoms with Crippen LogP contribution in [0.2, 0.25) is 0 Å². The quantitative estimate of drug-likeness (QED) is 0.676. The van der Waals surface area contributed by atoms with Crippen molar-refractivity contribution in [3.63, 3.8) is 0 Å². The van der Waals surface area contributed by atoms with E-state index in [0.29, 0.717) is 5.92 Å². The van der Waals surface area contributed by atoms with E-state index in [1.807, 2.05) is 34.5 Å². The number of nitrogens with one attached hydrogen (secondary N) is 1. The van der Waals surface area contributed by atoms with Crippen LogP contribution >= 0.6 is 12.2 Å². The van der Waals surface area contributed by atoms with Crippen molar-refractivity contribution >= 4 is 12.2 Å². The first kappa shape index (κ1) is 18.5. The van der Waals surface area contributed by atoms with Gasteiger partial charge in [0.1, 0.15) is 6.54 Å². The fraction of sp³-hybridized carbons (Fsp3) is 0.333. The van der Waals surface area contributed by atoms with Crippen LogP contribution in [-0.4, -0.2) is 21.4 Å². The van der Waals surface area contributed by atoms with Gasteiger partial charge in [-0.1, -0.05) is 68.4 Å². The van der Waals surface area contributed by atoms with E-state index >= 15 is 0 Å². The van der Waals surface area contributed by atoms with Crippen LogP contribution in [0.1, 0.15) is 30.9 Å². The van der Waals surface area contributed by atoms with Crippen molar-refractivity contribution in [1.82, 2.24) is 14.3 Å². The van der Waals surface area contributed by atoms with Gasteiger partial charge in [-0.05, 0) is 23.7 Å². The molecule has 1 N–H and O–H groups in total. The average molecular weight is 368 g/mol. The van der Waals surface area contributed by atoms with Crippen molar-refractivity contribution < 1.29 is 4.90 Å². The number of hydrogen-bond acceptors (Lipinski definition) is 2. The molecule has 1 heterocycles. The van der Waals surface area contributed by atoms with Crippen molar-refractivity contribution in [2.24, 2.45) is 7.05 Å². The second-order valence-corrected chi connectivity index (χ2v) is 7.58. The van der Waals surface area contributed by atoms with Crippen molar-refractivity contribution in [1.29, 1.82) is 0 Å². The van der Waals surface area contributed by atoms with Gasteiger partial charge >= 0.3 is 0 Å². The van der Waals surface area contributed by atoms with Crippen LogP contribution in [0.3, 0.4) is 0 Å². The predicted octanol–water partition coefficient (Wildman–Crippen LogP) is 3.41. The van der Waals surface area contributed by atoms with Crippen LogP contribution in [0.15, 0.2) is 54.6 Å². The Hall–Kier alpha value is -2.24. The van der Waals surface area contributed by atoms with E-state index in [-0.39, 0.29) is 0 Å². The molecule has 1 aromatic heterocycles. The fourth-order valence-corrected chi connectivity index (χ4v) is 3.30. The van der Waals surface area contributed by atoms with Crippen molar-refractivity contribution in [3.05, 3.63) is 70.5 Å². The first-order chi connectivity index (χ1) is 12.5. The van der Waals surface area contributed by atoms with E-state index in [9.17, 15) is 0 Å². The Balaban J connectivity index is 1.73. The molecule has 26 heavy (non-hydrogen) atoms. The van der Waals surface area contributed by atoms with Crippen molar-refractivity contribution in [2.45, 2.75) is 33.0 Å². The summed E-state index contributed by atoms with van der Waals surface area (Å²) in [6.45, 7) is 6.13. The number of quaternary nitrogens is 1. The van der Waals surface area contributed by atoms with Crippen LogP contribution in [0.25, 0.3) is 11.4 Å². The summed E-state index contributed by atoms with van der Waals surface area (Å²) in [5.41, 5.74) is 3.80. The Morgan fingerprint density at radius 2 is 1.69 bits per heavy atom. The molecule has 0 amide bonds. The summed E-state index contributed by atoms with van der Waals surface area (Å²) in [6.07, 6.45) is 0. The minimum absolute atomic E-state index is 0.567. The van der Waals surface area contributed by atoms with Crippen LogP contribution < -0.4 is 4.90 Å². The lowest BCUT2D eigenvalue weighted by molar-refractivity contribution is -0.917. The number of aromatic nitrogens is 3. The molecule has 2 aromatic carbocycles. The molecule has 5 heteroatoms. The molecule has 0 saturated heterocycles. The van der Waals surface area contributed by atoms with Gasteiger partial charge in [-0.25, -0.2) is 0 Å². The Labute approximate surface area is 160 Å². The second kappa shape index (κ2) is 7.98. The molecule has 0 radical (unpaired) electrons. The summed E-state index contributed by atoms with van der Waals surface area (Å²) in [5.74, 6) is 1.47. The highest BCUT2D eigenvalue weighted by Crippen LogP contribution is 2.16. The molecule has 0 bridgehead atoms. The minimum Gasteiger partial charge on any atom is -0.315 e. The third-order valence-corrected chi connectivity index (χ3v) is 5.13. The smallest absolute Gasteiger partial charge is 0.202 e. The van der Waals surface area contributed by atoms with Gasteiger partial charge in [0, 0.05) is 18.2 Å². The van der Waals surface area contributed by atoms with E-state index in [4.69, 9.17) is 17.3 Å². The minimum atomic E-state index is 0.567. The standard InChI is InChI=1S/C21H26N4S/c1-16(2)18-12-10-17(11-13-18)14-23(3)15-25-21(26)24(4)20(22-25)19-8-6-5-7-9-19/h5-13,16H,14-15H2,1-4H3/p+1. The van der Waals surface area contributed by atoms with Crippen LogP contribution in [-0.2, 0) is 20.3 Å². The lowest BCUT2D eigenvalue weighted by atomic mass is 10.0. The molecule has 0 aliphatic carbocycles. The summed E-state index contributed by atoms with van der Waals surface area (Å²) in [5, 5.41) is 4.75. The maximum absolute atomic E-state index is 5.59. The average Bonchev–Trinajstić information content (AvgIpc) is 2.91. The number of rotatable bonds is 6. The zero-order valence-electron chi connectivity index (χ0n) is 15.9. The first-order valence-electron chi connectivity index (χ1n) is 9.05. The molecule has 0 aliphatic rings. The Kier molecular flexibility index (Phi) is 5.69. The third-order valence-electron chi connectivity index (χ3n) is 4.64. The molecule has 136 valence electrons. The summed E-state index contributed by atoms with van der Waals surface area (Å²) in [4.78, 5) is 1.34. The van der Waals surface area contributed by atoms with Gasteiger partial charge in [0.05, 0.1) is 7.05 Å². The summed E-state index contributed by atoms with van der Waals surface area (Å²) in [6, 6.07) is 19.1. The lowest BCUT2D eigenvalue weighted by Crippen LogP contribution is -3.07. The Morgan fingerprint density at radius 3 is 2.31 bits per heavy atom. The molecule has 0 aliphatic heterocycles. The van der Waals surface area contributed by atoms with E-state index < -0.39 is 0 Å². The molecule has 1 atom stereocenters. The highest BCUT2D eigenvalue weighted by Gasteiger charge is 2.13. The molecule has 0 saturated carbocycles. The maximum atomic E-state index is 5.59. The highest BCUT2D eigenvalue weighted by atomic mass is 32.1. The summed E-state index contributed by atoms with van der Waals surface area (Å²) < 4.78 is 4.66. The molecule has 3 rings (SSSR count). The maximum Gasteiger partial charge on any atom is 0.202 e. The second-order valence-electron chi connectivity index (χ2n) is 7.22. The number of nitrogens with zero attached hydrogens (tertiary/aromatic N) is 3. The molecular formula is C21H27N4S+. The molecule has 0 fully saturated rings. The Bertz CT molecular complexity index is 907. The zero-order chi connectivity index (χ0) is 18.7. The molecule has 3 aromatic rings. The van der Waals surface area contributed by atoms with Crippen molar-refractivity contribution in [2.75, 3.05) is 7.05 Å². The first-order valence-corrected chi connectivity index (χ1v) is 9.46. The van der Waals surface area contributed by atoms with Gasteiger partial charge in [-0.2, -0.15) is 4.68 Å². The van der Waals surface area contributed by atoms with Gasteiger partial charge in [0.2, 0.25) is 4.77 Å². The van der Waals surface area contributed by atoms with Gasteiger partial charge in [-0.3, -0.25) is 0 Å². The zero-order valence-corrected chi connectivity index (χ0v) is 16.8. The van der Waals surface area contributed by atoms with E-state index in [2.05, 4.69) is 57.3 Å². The van der Waals surface area contributed by atoms with Gasteiger partial charge in [0.15, 0.2) is 12.5 Å². The van der Waals surface area contributed by atoms with Crippen LogP contribution in [0, 0.1) is 4.77 Å². The lowest BCUT2D eigenvalue weighted by Gasteiger charge is -2.14. The largest absolute Gasteiger partial charge is 0.315 e. The Morgan fingerprint density at radius 1 is 1.04 bits per heavy atom.